The molecule has 0 aliphatic carbocycles. The van der Waals surface area contributed by atoms with E-state index in [9.17, 15) is 37.3 Å². The molecule has 33 heavy (non-hydrogen) atoms. The van der Waals surface area contributed by atoms with Gasteiger partial charge in [-0.15, -0.1) is 11.3 Å². The number of nitrogen functional groups attached to an aromatic ring is 1. The number of aliphatic carboxylic acids is 1. The molecule has 1 saturated heterocycles. The number of carboxylic acids is 1. The van der Waals surface area contributed by atoms with Crippen LogP contribution in [0.5, 0.6) is 0 Å². The van der Waals surface area contributed by atoms with Crippen molar-refractivity contribution in [3.05, 3.63) is 11.1 Å². The summed E-state index contributed by atoms with van der Waals surface area (Å²) < 4.78 is 37.5. The zero-order valence-corrected chi connectivity index (χ0v) is 19.3. The Bertz CT molecular complexity index is 1030. The van der Waals surface area contributed by atoms with Crippen LogP contribution in [0.3, 0.4) is 0 Å². The molecule has 0 bridgehead atoms. The van der Waals surface area contributed by atoms with Crippen LogP contribution in [0.4, 0.5) is 5.13 Å². The summed E-state index contributed by atoms with van der Waals surface area (Å²) in [5.41, 5.74) is 6.15. The minimum Gasteiger partial charge on any atom is -0.479 e. The number of carbonyl (C=O) groups is 4. The minimum atomic E-state index is -4.98. The smallest absolute Gasteiger partial charge is 0.362 e. The van der Waals surface area contributed by atoms with E-state index in [1.807, 2.05) is 0 Å². The Kier molecular flexibility index (Phi) is 8.09. The summed E-state index contributed by atoms with van der Waals surface area (Å²) in [7, 11) is -3.80. The van der Waals surface area contributed by atoms with E-state index in [-0.39, 0.29) is 21.6 Å². The van der Waals surface area contributed by atoms with Gasteiger partial charge in [-0.2, -0.15) is 13.9 Å². The third kappa shape index (κ3) is 6.01. The van der Waals surface area contributed by atoms with Crippen molar-refractivity contribution in [2.75, 3.05) is 12.8 Å². The predicted molar refractivity (Wildman–Crippen MR) is 111 cm³/mol. The SMILES string of the molecule is COC(C=O)CC1C(NC(=O)C(NOC(C)(C)C(=O)O)c2csc(N)n2)C(=O)N1S(=O)(=O)O. The number of thiazole rings is 1. The number of carbonyl (C=O) groups excluding carboxylic acids is 3. The van der Waals surface area contributed by atoms with Crippen LogP contribution < -0.4 is 16.5 Å². The molecule has 0 saturated carbocycles. The fraction of sp³-hybridized carbons (Fsp3) is 0.562. The molecule has 184 valence electrons. The average Bonchev–Trinajstić information content (AvgIpc) is 3.13. The Labute approximate surface area is 192 Å². The topological polar surface area (TPSA) is 228 Å². The van der Waals surface area contributed by atoms with Gasteiger partial charge in [0.2, 0.25) is 5.91 Å². The van der Waals surface area contributed by atoms with E-state index in [0.717, 1.165) is 11.3 Å². The van der Waals surface area contributed by atoms with Crippen molar-refractivity contribution >= 4 is 50.8 Å². The van der Waals surface area contributed by atoms with Crippen LogP contribution >= 0.6 is 11.3 Å². The molecule has 1 aromatic heterocycles. The van der Waals surface area contributed by atoms with Crippen LogP contribution in [0.15, 0.2) is 5.38 Å². The van der Waals surface area contributed by atoms with Crippen LogP contribution in [-0.4, -0.2) is 82.3 Å². The van der Waals surface area contributed by atoms with Gasteiger partial charge in [0.05, 0.1) is 11.7 Å². The number of nitrogens with one attached hydrogen (secondary N) is 2. The molecule has 4 atom stereocenters. The van der Waals surface area contributed by atoms with Gasteiger partial charge in [-0.25, -0.2) is 14.1 Å². The number of hydrogen-bond acceptors (Lipinski definition) is 12. The molecule has 1 aliphatic rings. The van der Waals surface area contributed by atoms with E-state index < -0.39 is 57.9 Å². The lowest BCUT2D eigenvalue weighted by molar-refractivity contribution is -0.175. The number of aldehydes is 1. The number of nitrogens with two attached hydrogens (primary N) is 1. The van der Waals surface area contributed by atoms with Crippen LogP contribution in [0.1, 0.15) is 32.0 Å². The molecule has 0 spiro atoms. The maximum atomic E-state index is 13.0. The van der Waals surface area contributed by atoms with E-state index in [2.05, 4.69) is 15.8 Å². The Hall–Kier alpha value is -2.70. The molecule has 0 radical (unpaired) electrons. The molecule has 0 aromatic carbocycles. The summed E-state index contributed by atoms with van der Waals surface area (Å²) in [4.78, 5) is 56.7. The number of β-lactam (4-membered cyclic amide) rings is 1. The van der Waals surface area contributed by atoms with Gasteiger partial charge in [-0.3, -0.25) is 19.0 Å². The van der Waals surface area contributed by atoms with Crippen LogP contribution in [0.25, 0.3) is 0 Å². The first-order valence-electron chi connectivity index (χ1n) is 9.20. The summed E-state index contributed by atoms with van der Waals surface area (Å²) >= 11 is 0.980. The van der Waals surface area contributed by atoms with Gasteiger partial charge in [-0.1, -0.05) is 0 Å². The molecule has 15 nitrogen and oxygen atoms in total. The molecular weight excluding hydrogens is 486 g/mol. The van der Waals surface area contributed by atoms with Crippen LogP contribution in [0, 0.1) is 0 Å². The second-order valence-electron chi connectivity index (χ2n) is 7.39. The van der Waals surface area contributed by atoms with E-state index in [1.165, 1.54) is 26.3 Å². The second kappa shape index (κ2) is 10.1. The fourth-order valence-electron chi connectivity index (χ4n) is 2.81. The zero-order valence-electron chi connectivity index (χ0n) is 17.6. The summed E-state index contributed by atoms with van der Waals surface area (Å²) in [5, 5.41) is 13.0. The van der Waals surface area contributed by atoms with Gasteiger partial charge in [0.15, 0.2) is 16.8 Å². The molecule has 2 amide bonds. The number of nitrogens with zero attached hydrogens (tertiary/aromatic N) is 2. The largest absolute Gasteiger partial charge is 0.479 e. The molecule has 1 aliphatic heterocycles. The first-order chi connectivity index (χ1) is 15.2. The van der Waals surface area contributed by atoms with Crippen molar-refractivity contribution in [2.24, 2.45) is 0 Å². The second-order valence-corrected chi connectivity index (χ2v) is 9.57. The highest BCUT2D eigenvalue weighted by Gasteiger charge is 2.55. The van der Waals surface area contributed by atoms with E-state index in [4.69, 9.17) is 15.3 Å². The summed E-state index contributed by atoms with van der Waals surface area (Å²) in [5.74, 6) is -3.44. The monoisotopic (exact) mass is 509 g/mol. The summed E-state index contributed by atoms with van der Waals surface area (Å²) in [6, 6.07) is -4.23. The molecule has 4 unspecified atom stereocenters. The maximum absolute atomic E-state index is 13.0. The number of anilines is 1. The Morgan fingerprint density at radius 2 is 2.09 bits per heavy atom. The highest BCUT2D eigenvalue weighted by Crippen LogP contribution is 2.29. The average molecular weight is 510 g/mol. The number of carboxylic acid groups (broad SMARTS) is 1. The van der Waals surface area contributed by atoms with Gasteiger partial charge in [-0.05, 0) is 13.8 Å². The third-order valence-corrected chi connectivity index (χ3v) is 6.33. The van der Waals surface area contributed by atoms with E-state index in [0.29, 0.717) is 6.29 Å². The van der Waals surface area contributed by atoms with Crippen molar-refractivity contribution < 1.29 is 46.8 Å². The normalized spacial score (nSPS) is 20.6. The molecule has 2 rings (SSSR count). The lowest BCUT2D eigenvalue weighted by atomic mass is 9.93. The van der Waals surface area contributed by atoms with Crippen LogP contribution in [0.2, 0.25) is 0 Å². The lowest BCUT2D eigenvalue weighted by Gasteiger charge is -2.45. The first kappa shape index (κ1) is 26.6. The van der Waals surface area contributed by atoms with Crippen LogP contribution in [-0.2, 0) is 39.1 Å². The Morgan fingerprint density at radius 3 is 2.55 bits per heavy atom. The van der Waals surface area contributed by atoms with Crippen molar-refractivity contribution in [2.45, 2.75) is 50.1 Å². The zero-order chi connectivity index (χ0) is 25.1. The van der Waals surface area contributed by atoms with Gasteiger partial charge in [0, 0.05) is 18.9 Å². The van der Waals surface area contributed by atoms with Crippen molar-refractivity contribution in [3.8, 4) is 0 Å². The standard InChI is InChI=1S/C16H23N5O10S2/c1-16(2,14(25)26)31-20-10(8-6-32-15(17)18-8)12(23)19-11-9(4-7(5-22)30-3)21(13(11)24)33(27,28)29/h5-7,9-11,20H,4H2,1-3H3,(H2,17,18)(H,19,23)(H,25,26)(H,27,28,29). The Morgan fingerprint density at radius 1 is 1.45 bits per heavy atom. The molecule has 1 fully saturated rings. The maximum Gasteiger partial charge on any atom is 0.362 e. The number of amides is 2. The van der Waals surface area contributed by atoms with E-state index >= 15 is 0 Å². The quantitative estimate of drug-likeness (QED) is 0.0912. The van der Waals surface area contributed by atoms with Gasteiger partial charge in [0.1, 0.15) is 18.4 Å². The number of hydrogen-bond donors (Lipinski definition) is 5. The molecule has 17 heteroatoms. The third-order valence-electron chi connectivity index (χ3n) is 4.69. The number of aromatic nitrogens is 1. The molecular formula is C16H23N5O10S2. The van der Waals surface area contributed by atoms with Gasteiger partial charge >= 0.3 is 16.3 Å². The number of methoxy groups -OCH3 is 1. The summed E-state index contributed by atoms with van der Waals surface area (Å²) in [6.07, 6.45) is -1.10. The molecule has 6 N–H and O–H groups in total. The van der Waals surface area contributed by atoms with Crippen molar-refractivity contribution in [3.63, 3.8) is 0 Å². The number of hydroxylamine groups is 1. The van der Waals surface area contributed by atoms with E-state index in [1.54, 1.807) is 0 Å². The number of rotatable bonds is 12. The lowest BCUT2D eigenvalue weighted by Crippen LogP contribution is -2.73. The minimum absolute atomic E-state index is 0.0359. The van der Waals surface area contributed by atoms with Crippen molar-refractivity contribution in [1.29, 1.82) is 0 Å². The predicted octanol–water partition coefficient (Wildman–Crippen LogP) is -1.75. The Balaban J connectivity index is 2.27. The highest BCUT2D eigenvalue weighted by atomic mass is 32.2. The van der Waals surface area contributed by atoms with Crippen molar-refractivity contribution in [1.82, 2.24) is 20.1 Å². The molecule has 2 heterocycles. The number of ether oxygens (including phenoxy) is 1. The first-order valence-corrected chi connectivity index (χ1v) is 11.5. The molecule has 1 aromatic rings. The van der Waals surface area contributed by atoms with Gasteiger partial charge in [0.25, 0.3) is 5.91 Å². The highest BCUT2D eigenvalue weighted by molar-refractivity contribution is 7.84. The fourth-order valence-corrected chi connectivity index (χ4v) is 4.29. The summed E-state index contributed by atoms with van der Waals surface area (Å²) in [6.45, 7) is 2.43. The van der Waals surface area contributed by atoms with Gasteiger partial charge < -0.3 is 25.7 Å².